The minimum absolute atomic E-state index is 0. The monoisotopic (exact) mass is 380 g/mol. The van der Waals surface area contributed by atoms with Gasteiger partial charge in [-0.15, -0.1) is 0 Å². The van der Waals surface area contributed by atoms with Crippen LogP contribution in [-0.2, 0) is 70.2 Å². The molecular formula is C13H30OY2-4. The molecule has 0 rings (SSSR count). The van der Waals surface area contributed by atoms with E-state index in [-0.39, 0.29) is 80.3 Å². The van der Waals surface area contributed by atoms with Crippen LogP contribution in [0, 0.1) is 40.5 Å². The molecule has 2 radical (unpaired) electrons. The summed E-state index contributed by atoms with van der Waals surface area (Å²) in [4.78, 5) is 0. The molecule has 0 atom stereocenters. The molecule has 0 saturated carbocycles. The summed E-state index contributed by atoms with van der Waals surface area (Å²) >= 11 is 0. The largest absolute Gasteiger partial charge is 0.413 e. The van der Waals surface area contributed by atoms with Gasteiger partial charge in [-0.05, 0) is 12.3 Å². The Morgan fingerprint density at radius 1 is 1.00 bits per heavy atom. The molecule has 0 spiro atoms. The maximum absolute atomic E-state index is 5.03. The quantitative estimate of drug-likeness (QED) is 0.523. The second kappa shape index (κ2) is 30.3. The summed E-state index contributed by atoms with van der Waals surface area (Å²) < 4.78 is 5.03. The van der Waals surface area contributed by atoms with E-state index >= 15 is 0 Å². The van der Waals surface area contributed by atoms with E-state index in [1.54, 1.807) is 0 Å². The number of hydrogen-bond donors (Lipinski definition) is 0. The summed E-state index contributed by atoms with van der Waals surface area (Å²) in [5.41, 5.74) is 0. The molecule has 0 saturated heterocycles. The van der Waals surface area contributed by atoms with Crippen LogP contribution in [-0.4, -0.2) is 13.2 Å². The van der Waals surface area contributed by atoms with Gasteiger partial charge in [0.15, 0.2) is 0 Å². The first-order valence-corrected chi connectivity index (χ1v) is 4.70. The first-order chi connectivity index (χ1) is 5.50. The van der Waals surface area contributed by atoms with Crippen LogP contribution in [0.25, 0.3) is 0 Å². The van der Waals surface area contributed by atoms with Crippen molar-refractivity contribution >= 4 is 0 Å². The van der Waals surface area contributed by atoms with Gasteiger partial charge in [0.2, 0.25) is 0 Å². The maximum atomic E-state index is 5.03. The van der Waals surface area contributed by atoms with E-state index < -0.39 is 0 Å². The standard InChI is InChI=1S/C7H15O.C4H9.2CH3.2Y/c1-4-8-6-5-7(2)3;1-4(2)3;;;;/h7H,1,4-6H2,2-3H3;4H,1H2,2-3H3;2*1H3;;/q4*-1;;. The van der Waals surface area contributed by atoms with Gasteiger partial charge >= 0.3 is 0 Å². The van der Waals surface area contributed by atoms with Gasteiger partial charge in [-0.2, -0.15) is 5.92 Å². The second-order valence-electron chi connectivity index (χ2n) is 3.69. The Bertz CT molecular complexity index is 73.6. The van der Waals surface area contributed by atoms with Crippen molar-refractivity contribution in [1.29, 1.82) is 0 Å². The third-order valence-electron chi connectivity index (χ3n) is 0.984. The predicted molar refractivity (Wildman–Crippen MR) is 68.7 cm³/mol. The van der Waals surface area contributed by atoms with Crippen molar-refractivity contribution in [3.8, 4) is 0 Å². The summed E-state index contributed by atoms with van der Waals surface area (Å²) in [6.45, 7) is 17.2. The molecule has 1 nitrogen and oxygen atoms in total. The van der Waals surface area contributed by atoms with Crippen molar-refractivity contribution in [2.75, 3.05) is 13.2 Å². The normalized spacial score (nSPS) is 7.50. The van der Waals surface area contributed by atoms with Crippen LogP contribution in [0.5, 0.6) is 0 Å². The van der Waals surface area contributed by atoms with E-state index in [0.717, 1.165) is 18.9 Å². The van der Waals surface area contributed by atoms with Crippen molar-refractivity contribution in [3.05, 3.63) is 28.7 Å². The first kappa shape index (κ1) is 36.2. The molecule has 0 aliphatic carbocycles. The van der Waals surface area contributed by atoms with Gasteiger partial charge in [0.25, 0.3) is 0 Å². The molecule has 0 aromatic heterocycles. The average Bonchev–Trinajstić information content (AvgIpc) is 1.86. The fourth-order valence-electron chi connectivity index (χ4n) is 0.421. The summed E-state index contributed by atoms with van der Waals surface area (Å²) in [6, 6.07) is 0. The van der Waals surface area contributed by atoms with Gasteiger partial charge in [0.1, 0.15) is 0 Å². The van der Waals surface area contributed by atoms with Crippen LogP contribution < -0.4 is 0 Å². The molecular weight excluding hydrogens is 350 g/mol. The molecule has 0 aromatic carbocycles. The molecule has 0 aliphatic heterocycles. The van der Waals surface area contributed by atoms with Crippen LogP contribution in [0.1, 0.15) is 34.1 Å². The van der Waals surface area contributed by atoms with E-state index in [1.807, 2.05) is 0 Å². The van der Waals surface area contributed by atoms with Gasteiger partial charge < -0.3 is 33.4 Å². The fourth-order valence-corrected chi connectivity index (χ4v) is 0.421. The molecule has 0 N–H and O–H groups in total. The van der Waals surface area contributed by atoms with Gasteiger partial charge in [0, 0.05) is 72.0 Å². The van der Waals surface area contributed by atoms with Crippen molar-refractivity contribution in [3.63, 3.8) is 0 Å². The average molecular weight is 380 g/mol. The molecule has 0 heterocycles. The zero-order valence-electron chi connectivity index (χ0n) is 12.3. The molecule has 0 aliphatic rings. The Labute approximate surface area is 156 Å². The van der Waals surface area contributed by atoms with E-state index in [4.69, 9.17) is 4.74 Å². The molecule has 0 bridgehead atoms. The molecule has 3 heteroatoms. The zero-order valence-corrected chi connectivity index (χ0v) is 17.9. The topological polar surface area (TPSA) is 9.23 Å². The molecule has 0 aromatic rings. The number of hydrogen-bond acceptors (Lipinski definition) is 1. The van der Waals surface area contributed by atoms with Gasteiger partial charge in [0.05, 0.1) is 0 Å². The summed E-state index contributed by atoms with van der Waals surface area (Å²) in [5.74, 6) is 1.33. The van der Waals surface area contributed by atoms with E-state index in [1.165, 1.54) is 0 Å². The van der Waals surface area contributed by atoms with Gasteiger partial charge in [-0.1, -0.05) is 34.3 Å². The molecule has 0 fully saturated rings. The minimum atomic E-state index is 0. The van der Waals surface area contributed by atoms with Crippen molar-refractivity contribution in [1.82, 2.24) is 0 Å². The number of rotatable bonds is 4. The Kier molecular flexibility index (Phi) is 68.5. The SMILES string of the molecule is [CH2-]C(C)C.[CH2-]COCCC(C)C.[CH3-].[CH3-].[Y].[Y]. The third-order valence-corrected chi connectivity index (χ3v) is 0.984. The Balaban J connectivity index is -0.0000000281. The Hall–Kier alpha value is 2.17. The van der Waals surface area contributed by atoms with Gasteiger partial charge in [-0.3, -0.25) is 0 Å². The van der Waals surface area contributed by atoms with Gasteiger partial charge in [-0.25, -0.2) is 0 Å². The molecule has 16 heavy (non-hydrogen) atoms. The Morgan fingerprint density at radius 2 is 1.31 bits per heavy atom. The van der Waals surface area contributed by atoms with Crippen LogP contribution in [0.15, 0.2) is 0 Å². The van der Waals surface area contributed by atoms with E-state index in [0.29, 0.717) is 12.5 Å². The van der Waals surface area contributed by atoms with Crippen molar-refractivity contribution in [2.24, 2.45) is 11.8 Å². The van der Waals surface area contributed by atoms with Crippen LogP contribution in [0.3, 0.4) is 0 Å². The number of ether oxygens (including phenoxy) is 1. The minimum Gasteiger partial charge on any atom is -0.413 e. The fraction of sp³-hybridized carbons (Fsp3) is 0.692. The molecule has 0 amide bonds. The van der Waals surface area contributed by atoms with Crippen molar-refractivity contribution < 1.29 is 70.2 Å². The summed E-state index contributed by atoms with van der Waals surface area (Å²) in [6.07, 6.45) is 1.15. The second-order valence-corrected chi connectivity index (χ2v) is 3.69. The van der Waals surface area contributed by atoms with E-state index in [2.05, 4.69) is 41.5 Å². The van der Waals surface area contributed by atoms with Crippen LogP contribution in [0.2, 0.25) is 0 Å². The Morgan fingerprint density at radius 3 is 1.50 bits per heavy atom. The van der Waals surface area contributed by atoms with Crippen LogP contribution in [0.4, 0.5) is 0 Å². The summed E-state index contributed by atoms with van der Waals surface area (Å²) in [5, 5.41) is 0. The summed E-state index contributed by atoms with van der Waals surface area (Å²) in [7, 11) is 0. The zero-order chi connectivity index (χ0) is 9.98. The molecule has 98 valence electrons. The molecule has 0 unspecified atom stereocenters. The maximum Gasteiger partial charge on any atom is 0.0432 e. The van der Waals surface area contributed by atoms with Crippen LogP contribution >= 0.6 is 0 Å². The predicted octanol–water partition coefficient (Wildman–Crippen LogP) is 4.26. The smallest absolute Gasteiger partial charge is 0.0432 e. The van der Waals surface area contributed by atoms with E-state index in [9.17, 15) is 0 Å². The van der Waals surface area contributed by atoms with Crippen molar-refractivity contribution in [2.45, 2.75) is 34.1 Å². The third kappa shape index (κ3) is 72.4. The first-order valence-electron chi connectivity index (χ1n) is 4.70.